The average molecular weight is 411 g/mol. The number of amides is 1. The molecular weight excluding hydrogens is 386 g/mol. The Bertz CT molecular complexity index is 934. The summed E-state index contributed by atoms with van der Waals surface area (Å²) < 4.78 is 29.4. The smallest absolute Gasteiger partial charge is 0.387 e. The molecule has 3 aromatic rings. The number of rotatable bonds is 8. The van der Waals surface area contributed by atoms with Crippen LogP contribution >= 0.6 is 0 Å². The van der Waals surface area contributed by atoms with Gasteiger partial charge in [-0.25, -0.2) is 0 Å². The number of halogens is 2. The van der Waals surface area contributed by atoms with Crippen LogP contribution in [0.1, 0.15) is 24.1 Å². The third-order valence-electron chi connectivity index (χ3n) is 4.97. The summed E-state index contributed by atoms with van der Waals surface area (Å²) in [5, 5.41) is 1.99. The maximum absolute atomic E-state index is 13.0. The highest BCUT2D eigenvalue weighted by Crippen LogP contribution is 2.22. The Kier molecular flexibility index (Phi) is 7.14. The number of alkyl halides is 2. The van der Waals surface area contributed by atoms with Crippen molar-refractivity contribution in [1.29, 1.82) is 0 Å². The van der Waals surface area contributed by atoms with E-state index in [0.717, 1.165) is 16.8 Å². The van der Waals surface area contributed by atoms with E-state index in [0.29, 0.717) is 0 Å². The van der Waals surface area contributed by atoms with E-state index in [4.69, 9.17) is 0 Å². The molecule has 0 spiro atoms. The van der Waals surface area contributed by atoms with E-state index in [-0.39, 0.29) is 23.7 Å². The monoisotopic (exact) mass is 411 g/mol. The standard InChI is InChI=1S/C24H24F2N2O2/c1-17(23(29)28(2)20-11-7-4-8-12-20)27-22(18-9-5-3-6-10-18)19-13-15-21(16-14-19)30-24(25)26/h3-17,22,24,27H,1-2H3/p+1/t17-,22-/m1/s1. The molecule has 4 nitrogen and oxygen atoms in total. The average Bonchev–Trinajstić information content (AvgIpc) is 2.77. The van der Waals surface area contributed by atoms with Crippen LogP contribution in [0.15, 0.2) is 84.9 Å². The highest BCUT2D eigenvalue weighted by molar-refractivity contribution is 5.95. The van der Waals surface area contributed by atoms with E-state index in [1.807, 2.05) is 72.9 Å². The molecule has 1 amide bonds. The van der Waals surface area contributed by atoms with Crippen molar-refractivity contribution in [3.63, 3.8) is 0 Å². The molecule has 2 atom stereocenters. The van der Waals surface area contributed by atoms with Crippen molar-refractivity contribution in [3.05, 3.63) is 96.1 Å². The van der Waals surface area contributed by atoms with E-state index in [1.54, 1.807) is 24.1 Å². The summed E-state index contributed by atoms with van der Waals surface area (Å²) in [6, 6.07) is 25.3. The van der Waals surface area contributed by atoms with E-state index in [1.165, 1.54) is 12.1 Å². The predicted octanol–water partition coefficient (Wildman–Crippen LogP) is 3.99. The summed E-state index contributed by atoms with van der Waals surface area (Å²) in [6.45, 7) is -0.995. The number of para-hydroxylation sites is 1. The number of benzene rings is 3. The summed E-state index contributed by atoms with van der Waals surface area (Å²) in [4.78, 5) is 14.6. The quantitative estimate of drug-likeness (QED) is 0.609. The number of carbonyl (C=O) groups is 1. The van der Waals surface area contributed by atoms with Crippen LogP contribution in [0, 0.1) is 0 Å². The van der Waals surface area contributed by atoms with E-state index in [9.17, 15) is 13.6 Å². The van der Waals surface area contributed by atoms with E-state index >= 15 is 0 Å². The van der Waals surface area contributed by atoms with Gasteiger partial charge in [-0.3, -0.25) is 4.79 Å². The van der Waals surface area contributed by atoms with Crippen molar-refractivity contribution < 1.29 is 23.6 Å². The Labute approximate surface area is 175 Å². The second-order valence-corrected chi connectivity index (χ2v) is 7.05. The van der Waals surface area contributed by atoms with Gasteiger partial charge in [0.15, 0.2) is 6.04 Å². The highest BCUT2D eigenvalue weighted by Gasteiger charge is 2.27. The van der Waals surface area contributed by atoms with Gasteiger partial charge in [0.05, 0.1) is 0 Å². The van der Waals surface area contributed by atoms with Gasteiger partial charge in [0.25, 0.3) is 5.91 Å². The van der Waals surface area contributed by atoms with Crippen LogP contribution in [0.25, 0.3) is 0 Å². The molecule has 3 rings (SSSR count). The minimum absolute atomic E-state index is 0.0280. The Balaban J connectivity index is 1.82. The SMILES string of the molecule is C[C@@H]([NH2+][C@H](c1ccccc1)c1ccc(OC(F)F)cc1)C(=O)N(C)c1ccccc1. The Hall–Kier alpha value is -3.25. The lowest BCUT2D eigenvalue weighted by Gasteiger charge is -2.24. The molecule has 0 aliphatic rings. The van der Waals surface area contributed by atoms with Crippen LogP contribution < -0.4 is 15.0 Å². The minimum Gasteiger partial charge on any atom is -0.435 e. The molecule has 3 aromatic carbocycles. The fourth-order valence-corrected chi connectivity index (χ4v) is 3.39. The summed E-state index contributed by atoms with van der Waals surface area (Å²) >= 11 is 0. The zero-order valence-corrected chi connectivity index (χ0v) is 16.9. The Morgan fingerprint density at radius 3 is 1.97 bits per heavy atom. The number of nitrogens with zero attached hydrogens (tertiary/aromatic N) is 1. The van der Waals surface area contributed by atoms with Crippen LogP contribution in [0.5, 0.6) is 5.75 Å². The van der Waals surface area contributed by atoms with Gasteiger partial charge in [-0.05, 0) is 43.3 Å². The molecule has 2 N–H and O–H groups in total. The molecule has 0 aliphatic heterocycles. The van der Waals surface area contributed by atoms with Gasteiger partial charge in [-0.2, -0.15) is 8.78 Å². The van der Waals surface area contributed by atoms with Crippen molar-refractivity contribution in [2.45, 2.75) is 25.6 Å². The topological polar surface area (TPSA) is 46.1 Å². The third-order valence-corrected chi connectivity index (χ3v) is 4.97. The zero-order valence-electron chi connectivity index (χ0n) is 16.9. The molecule has 0 saturated carbocycles. The first-order valence-corrected chi connectivity index (χ1v) is 9.73. The van der Waals surface area contributed by atoms with Crippen LogP contribution in [-0.2, 0) is 4.79 Å². The molecule has 0 fully saturated rings. The molecule has 0 saturated heterocycles. The molecule has 0 heterocycles. The number of ether oxygens (including phenoxy) is 1. The zero-order chi connectivity index (χ0) is 21.5. The third kappa shape index (κ3) is 5.42. The van der Waals surface area contributed by atoms with Crippen LogP contribution in [0.4, 0.5) is 14.5 Å². The van der Waals surface area contributed by atoms with Gasteiger partial charge < -0.3 is 15.0 Å². The molecule has 0 unspecified atom stereocenters. The normalized spacial score (nSPS) is 13.0. The number of nitrogens with two attached hydrogens (primary N) is 1. The number of anilines is 1. The Morgan fingerprint density at radius 1 is 0.867 bits per heavy atom. The van der Waals surface area contributed by atoms with Gasteiger partial charge in [-0.15, -0.1) is 0 Å². The first kappa shape index (κ1) is 21.5. The largest absolute Gasteiger partial charge is 0.435 e. The first-order valence-electron chi connectivity index (χ1n) is 9.73. The van der Waals surface area contributed by atoms with Gasteiger partial charge in [0, 0.05) is 23.9 Å². The van der Waals surface area contributed by atoms with Crippen LogP contribution in [-0.4, -0.2) is 25.6 Å². The van der Waals surface area contributed by atoms with Gasteiger partial charge in [0.2, 0.25) is 0 Å². The number of quaternary nitrogens is 1. The number of carbonyl (C=O) groups excluding carboxylic acids is 1. The lowest BCUT2D eigenvalue weighted by molar-refractivity contribution is -0.704. The van der Waals surface area contributed by atoms with E-state index in [2.05, 4.69) is 4.74 Å². The second kappa shape index (κ2) is 9.98. The van der Waals surface area contributed by atoms with Crippen LogP contribution in [0.2, 0.25) is 0 Å². The molecule has 0 aromatic heterocycles. The van der Waals surface area contributed by atoms with Crippen molar-refractivity contribution in [1.82, 2.24) is 0 Å². The summed E-state index contributed by atoms with van der Waals surface area (Å²) in [5.74, 6) is 0.0771. The first-order chi connectivity index (χ1) is 14.5. The van der Waals surface area contributed by atoms with Gasteiger partial charge >= 0.3 is 6.61 Å². The maximum Gasteiger partial charge on any atom is 0.387 e. The van der Waals surface area contributed by atoms with Crippen molar-refractivity contribution >= 4 is 11.6 Å². The fraction of sp³-hybridized carbons (Fsp3) is 0.208. The summed E-state index contributed by atoms with van der Waals surface area (Å²) in [7, 11) is 1.76. The molecule has 6 heteroatoms. The van der Waals surface area contributed by atoms with Crippen molar-refractivity contribution in [2.75, 3.05) is 11.9 Å². The van der Waals surface area contributed by atoms with Gasteiger partial charge in [0.1, 0.15) is 11.8 Å². The molecule has 0 radical (unpaired) electrons. The van der Waals surface area contributed by atoms with E-state index < -0.39 is 6.61 Å². The fourth-order valence-electron chi connectivity index (χ4n) is 3.39. The molecular formula is C24H25F2N2O2+. The number of hydrogen-bond acceptors (Lipinski definition) is 2. The number of hydrogen-bond donors (Lipinski definition) is 1. The molecule has 0 bridgehead atoms. The highest BCUT2D eigenvalue weighted by atomic mass is 19.3. The molecule has 156 valence electrons. The number of likely N-dealkylation sites (N-methyl/N-ethyl adjacent to an activating group) is 1. The summed E-state index contributed by atoms with van der Waals surface area (Å²) in [6.07, 6.45) is 0. The lowest BCUT2D eigenvalue weighted by atomic mass is 9.97. The van der Waals surface area contributed by atoms with Crippen molar-refractivity contribution in [2.24, 2.45) is 0 Å². The molecule has 0 aliphatic carbocycles. The maximum atomic E-state index is 13.0. The predicted molar refractivity (Wildman–Crippen MR) is 113 cm³/mol. The van der Waals surface area contributed by atoms with Crippen molar-refractivity contribution in [3.8, 4) is 5.75 Å². The molecule has 30 heavy (non-hydrogen) atoms. The van der Waals surface area contributed by atoms with Crippen LogP contribution in [0.3, 0.4) is 0 Å². The Morgan fingerprint density at radius 2 is 1.40 bits per heavy atom. The summed E-state index contributed by atoms with van der Waals surface area (Å²) in [5.41, 5.74) is 2.74. The lowest BCUT2D eigenvalue weighted by Crippen LogP contribution is -2.92. The second-order valence-electron chi connectivity index (χ2n) is 7.05. The minimum atomic E-state index is -2.86. The van der Waals surface area contributed by atoms with Gasteiger partial charge in [-0.1, -0.05) is 48.5 Å².